The molecule has 0 fully saturated rings. The highest BCUT2D eigenvalue weighted by atomic mass is 19.1. The van der Waals surface area contributed by atoms with Gasteiger partial charge in [-0.05, 0) is 37.3 Å². The molecule has 19 heavy (non-hydrogen) atoms. The minimum Gasteiger partial charge on any atom is -0.456 e. The van der Waals surface area contributed by atoms with Crippen LogP contribution < -0.4 is 0 Å². The van der Waals surface area contributed by atoms with Gasteiger partial charge in [-0.25, -0.2) is 4.39 Å². The van der Waals surface area contributed by atoms with Gasteiger partial charge in [0.2, 0.25) is 0 Å². The fourth-order valence-corrected chi connectivity index (χ4v) is 2.14. The van der Waals surface area contributed by atoms with Crippen LogP contribution in [0.25, 0.3) is 22.3 Å². The molecule has 0 saturated carbocycles. The van der Waals surface area contributed by atoms with Crippen molar-refractivity contribution in [3.8, 4) is 17.4 Å². The lowest BCUT2D eigenvalue weighted by molar-refractivity contribution is 0.615. The first-order valence-corrected chi connectivity index (χ1v) is 5.88. The van der Waals surface area contributed by atoms with Crippen molar-refractivity contribution in [3.05, 3.63) is 59.4 Å². The molecule has 0 spiro atoms. The minimum absolute atomic E-state index is 0.0123. The number of hydrogen-bond donors (Lipinski definition) is 0. The lowest BCUT2D eigenvalue weighted by Crippen LogP contribution is -1.87. The van der Waals surface area contributed by atoms with Crippen molar-refractivity contribution in [1.29, 1.82) is 5.26 Å². The third-order valence-electron chi connectivity index (χ3n) is 3.06. The molecule has 0 unspecified atom stereocenters. The topological polar surface area (TPSA) is 36.9 Å². The normalized spacial score (nSPS) is 10.6. The molecule has 2 nitrogen and oxygen atoms in total. The van der Waals surface area contributed by atoms with E-state index in [1.165, 1.54) is 6.07 Å². The van der Waals surface area contributed by atoms with E-state index in [1.54, 1.807) is 12.1 Å². The summed E-state index contributed by atoms with van der Waals surface area (Å²) >= 11 is 0. The Bertz CT molecular complexity index is 811. The molecule has 0 radical (unpaired) electrons. The molecular formula is C16H10FNO. The summed E-state index contributed by atoms with van der Waals surface area (Å²) < 4.78 is 19.3. The number of rotatable bonds is 1. The number of aryl methyl sites for hydroxylation is 1. The van der Waals surface area contributed by atoms with E-state index in [-0.39, 0.29) is 5.56 Å². The van der Waals surface area contributed by atoms with Gasteiger partial charge in [-0.3, -0.25) is 0 Å². The van der Waals surface area contributed by atoms with Gasteiger partial charge in [0.05, 0.1) is 5.56 Å². The van der Waals surface area contributed by atoms with Crippen LogP contribution in [0.15, 0.2) is 46.9 Å². The highest BCUT2D eigenvalue weighted by Crippen LogP contribution is 2.31. The summed E-state index contributed by atoms with van der Waals surface area (Å²) in [6, 6.07) is 14.1. The fraction of sp³-hybridized carbons (Fsp3) is 0.0625. The SMILES string of the molecule is Cc1ccc2oc(-c3cccc(F)c3C#N)cc2c1. The summed E-state index contributed by atoms with van der Waals surface area (Å²) in [6.07, 6.45) is 0. The second-order valence-electron chi connectivity index (χ2n) is 4.43. The molecule has 2 aromatic carbocycles. The van der Waals surface area contributed by atoms with Gasteiger partial charge in [0.25, 0.3) is 0 Å². The number of furan rings is 1. The molecule has 0 bridgehead atoms. The van der Waals surface area contributed by atoms with E-state index in [9.17, 15) is 4.39 Å². The predicted molar refractivity (Wildman–Crippen MR) is 71.1 cm³/mol. The molecule has 3 aromatic rings. The summed E-state index contributed by atoms with van der Waals surface area (Å²) in [4.78, 5) is 0. The molecule has 0 aliphatic heterocycles. The van der Waals surface area contributed by atoms with Crippen molar-refractivity contribution in [3.63, 3.8) is 0 Å². The molecule has 3 heteroatoms. The summed E-state index contributed by atoms with van der Waals surface area (Å²) in [6.45, 7) is 2.00. The van der Waals surface area contributed by atoms with Crippen molar-refractivity contribution in [2.75, 3.05) is 0 Å². The van der Waals surface area contributed by atoms with E-state index in [4.69, 9.17) is 9.68 Å². The van der Waals surface area contributed by atoms with Crippen LogP contribution in [0.2, 0.25) is 0 Å². The summed E-state index contributed by atoms with van der Waals surface area (Å²) in [5.41, 5.74) is 2.35. The first kappa shape index (κ1) is 11.5. The molecule has 1 heterocycles. The van der Waals surface area contributed by atoms with Crippen molar-refractivity contribution in [2.24, 2.45) is 0 Å². The van der Waals surface area contributed by atoms with Crippen LogP contribution in [0.3, 0.4) is 0 Å². The second-order valence-corrected chi connectivity index (χ2v) is 4.43. The van der Waals surface area contributed by atoms with Crippen LogP contribution in [0.4, 0.5) is 4.39 Å². The molecule has 3 rings (SSSR count). The minimum atomic E-state index is -0.531. The standard InChI is InChI=1S/C16H10FNO/c1-10-5-6-15-11(7-10)8-16(19-15)12-3-2-4-14(17)13(12)9-18/h2-8H,1H3. The maximum atomic E-state index is 13.6. The molecule has 0 saturated heterocycles. The summed E-state index contributed by atoms with van der Waals surface area (Å²) in [5.74, 6) is -0.0201. The average Bonchev–Trinajstić information content (AvgIpc) is 2.81. The van der Waals surface area contributed by atoms with E-state index in [0.29, 0.717) is 11.3 Å². The summed E-state index contributed by atoms with van der Waals surface area (Å²) in [5, 5.41) is 10.00. The lowest BCUT2D eigenvalue weighted by Gasteiger charge is -2.00. The zero-order chi connectivity index (χ0) is 13.4. The Hall–Kier alpha value is -2.60. The molecule has 0 aliphatic carbocycles. The van der Waals surface area contributed by atoms with Gasteiger partial charge < -0.3 is 4.42 Å². The maximum Gasteiger partial charge on any atom is 0.141 e. The quantitative estimate of drug-likeness (QED) is 0.642. The van der Waals surface area contributed by atoms with Crippen LogP contribution >= 0.6 is 0 Å². The van der Waals surface area contributed by atoms with E-state index >= 15 is 0 Å². The molecule has 92 valence electrons. The van der Waals surface area contributed by atoms with E-state index in [0.717, 1.165) is 16.5 Å². The molecule has 0 aliphatic rings. The van der Waals surface area contributed by atoms with Crippen LogP contribution in [0, 0.1) is 24.1 Å². The predicted octanol–water partition coefficient (Wildman–Crippen LogP) is 4.42. The number of fused-ring (bicyclic) bond motifs is 1. The molecule has 0 atom stereocenters. The van der Waals surface area contributed by atoms with Crippen molar-refractivity contribution in [2.45, 2.75) is 6.92 Å². The van der Waals surface area contributed by atoms with E-state index in [1.807, 2.05) is 37.3 Å². The van der Waals surface area contributed by atoms with Crippen LogP contribution in [-0.4, -0.2) is 0 Å². The van der Waals surface area contributed by atoms with Gasteiger partial charge in [0.1, 0.15) is 23.2 Å². The van der Waals surface area contributed by atoms with E-state index < -0.39 is 5.82 Å². The Kier molecular flexibility index (Phi) is 2.57. The molecule has 0 N–H and O–H groups in total. The van der Waals surface area contributed by atoms with E-state index in [2.05, 4.69) is 0 Å². The number of halogens is 1. The second kappa shape index (κ2) is 4.25. The van der Waals surface area contributed by atoms with Gasteiger partial charge in [-0.15, -0.1) is 0 Å². The smallest absolute Gasteiger partial charge is 0.141 e. The van der Waals surface area contributed by atoms with Crippen molar-refractivity contribution >= 4 is 11.0 Å². The van der Waals surface area contributed by atoms with Gasteiger partial charge in [-0.2, -0.15) is 5.26 Å². The number of hydrogen-bond acceptors (Lipinski definition) is 2. The Balaban J connectivity index is 2.25. The van der Waals surface area contributed by atoms with Crippen molar-refractivity contribution < 1.29 is 8.81 Å². The van der Waals surface area contributed by atoms with Crippen LogP contribution in [-0.2, 0) is 0 Å². The lowest BCUT2D eigenvalue weighted by atomic mass is 10.1. The van der Waals surface area contributed by atoms with Crippen LogP contribution in [0.1, 0.15) is 11.1 Å². The van der Waals surface area contributed by atoms with Crippen LogP contribution in [0.5, 0.6) is 0 Å². The van der Waals surface area contributed by atoms with Crippen molar-refractivity contribution in [1.82, 2.24) is 0 Å². The highest BCUT2D eigenvalue weighted by molar-refractivity contribution is 5.84. The molecular weight excluding hydrogens is 241 g/mol. The van der Waals surface area contributed by atoms with Gasteiger partial charge in [-0.1, -0.05) is 17.7 Å². The number of benzene rings is 2. The largest absolute Gasteiger partial charge is 0.456 e. The maximum absolute atomic E-state index is 13.6. The zero-order valence-corrected chi connectivity index (χ0v) is 10.3. The van der Waals surface area contributed by atoms with Gasteiger partial charge in [0.15, 0.2) is 0 Å². The summed E-state index contributed by atoms with van der Waals surface area (Å²) in [7, 11) is 0. The first-order valence-electron chi connectivity index (χ1n) is 5.88. The number of nitriles is 1. The monoisotopic (exact) mass is 251 g/mol. The zero-order valence-electron chi connectivity index (χ0n) is 10.3. The molecule has 1 aromatic heterocycles. The Morgan fingerprint density at radius 2 is 2.00 bits per heavy atom. The third-order valence-corrected chi connectivity index (χ3v) is 3.06. The first-order chi connectivity index (χ1) is 9.19. The highest BCUT2D eigenvalue weighted by Gasteiger charge is 2.13. The van der Waals surface area contributed by atoms with Gasteiger partial charge in [0, 0.05) is 10.9 Å². The fourth-order valence-electron chi connectivity index (χ4n) is 2.14. The average molecular weight is 251 g/mol. The Morgan fingerprint density at radius 3 is 2.79 bits per heavy atom. The number of nitrogens with zero attached hydrogens (tertiary/aromatic N) is 1. The van der Waals surface area contributed by atoms with Gasteiger partial charge >= 0.3 is 0 Å². The third kappa shape index (κ3) is 1.88. The Labute approximate surface area is 109 Å². The Morgan fingerprint density at radius 1 is 1.16 bits per heavy atom. The molecule has 0 amide bonds.